The molecule has 0 spiro atoms. The van der Waals surface area contributed by atoms with Crippen molar-refractivity contribution in [1.82, 2.24) is 10.3 Å². The molecular formula is C24H26N4O3. The maximum absolute atomic E-state index is 12.8. The Morgan fingerprint density at radius 2 is 1.90 bits per heavy atom. The summed E-state index contributed by atoms with van der Waals surface area (Å²) in [5.41, 5.74) is 2.49. The number of pyridine rings is 1. The normalized spacial score (nSPS) is 23.3. The van der Waals surface area contributed by atoms with Gasteiger partial charge in [-0.2, -0.15) is 5.26 Å². The largest absolute Gasteiger partial charge is 0.474 e. The highest BCUT2D eigenvalue weighted by atomic mass is 16.5. The van der Waals surface area contributed by atoms with Gasteiger partial charge in [-0.3, -0.25) is 9.59 Å². The first-order valence-electron chi connectivity index (χ1n) is 10.7. The maximum atomic E-state index is 12.8. The molecule has 1 atom stereocenters. The lowest BCUT2D eigenvalue weighted by Gasteiger charge is -2.29. The van der Waals surface area contributed by atoms with Crippen LogP contribution in [-0.2, 0) is 9.59 Å². The quantitative estimate of drug-likeness (QED) is 0.805. The van der Waals surface area contributed by atoms with Gasteiger partial charge in [0.25, 0.3) is 0 Å². The fourth-order valence-corrected chi connectivity index (χ4v) is 4.19. The van der Waals surface area contributed by atoms with Gasteiger partial charge in [0.15, 0.2) is 0 Å². The molecule has 1 unspecified atom stereocenters. The number of carbonyl (C=O) groups is 2. The molecule has 7 nitrogen and oxygen atoms in total. The van der Waals surface area contributed by atoms with Crippen LogP contribution in [-0.4, -0.2) is 35.5 Å². The number of rotatable bonds is 5. The van der Waals surface area contributed by atoms with E-state index in [1.807, 2.05) is 37.3 Å². The van der Waals surface area contributed by atoms with Crippen LogP contribution in [0.15, 0.2) is 42.6 Å². The molecule has 4 rings (SSSR count). The Hall–Kier alpha value is -3.40. The summed E-state index contributed by atoms with van der Waals surface area (Å²) < 4.78 is 5.91. The van der Waals surface area contributed by atoms with Crippen LogP contribution in [0.4, 0.5) is 5.69 Å². The molecule has 0 radical (unpaired) electrons. The molecule has 1 aliphatic heterocycles. The van der Waals surface area contributed by atoms with Gasteiger partial charge in [-0.25, -0.2) is 4.98 Å². The van der Waals surface area contributed by atoms with E-state index in [4.69, 9.17) is 10.00 Å². The summed E-state index contributed by atoms with van der Waals surface area (Å²) in [6.07, 6.45) is 5.12. The highest BCUT2D eigenvalue weighted by Crippen LogP contribution is 2.27. The van der Waals surface area contributed by atoms with E-state index in [0.29, 0.717) is 18.0 Å². The Morgan fingerprint density at radius 1 is 1.16 bits per heavy atom. The lowest BCUT2D eigenvalue weighted by atomic mass is 9.92. The molecule has 1 aliphatic carbocycles. The molecular weight excluding hydrogens is 392 g/mol. The van der Waals surface area contributed by atoms with Crippen molar-refractivity contribution < 1.29 is 14.3 Å². The second-order valence-corrected chi connectivity index (χ2v) is 8.34. The molecule has 1 N–H and O–H groups in total. The molecule has 0 bridgehead atoms. The van der Waals surface area contributed by atoms with Crippen LogP contribution in [0, 0.1) is 24.2 Å². The molecule has 160 valence electrons. The highest BCUT2D eigenvalue weighted by molar-refractivity contribution is 6.00. The van der Waals surface area contributed by atoms with E-state index >= 15 is 0 Å². The first-order valence-corrected chi connectivity index (χ1v) is 10.7. The summed E-state index contributed by atoms with van der Waals surface area (Å²) in [6, 6.07) is 13.4. The third kappa shape index (κ3) is 5.02. The van der Waals surface area contributed by atoms with Crippen molar-refractivity contribution in [2.24, 2.45) is 5.92 Å². The molecule has 2 aromatic rings. The summed E-state index contributed by atoms with van der Waals surface area (Å²) in [5.74, 6) is 0.162. The Bertz CT molecular complexity index is 973. The van der Waals surface area contributed by atoms with Crippen LogP contribution < -0.4 is 15.0 Å². The Labute approximate surface area is 182 Å². The van der Waals surface area contributed by atoms with Crippen LogP contribution in [0.3, 0.4) is 0 Å². The van der Waals surface area contributed by atoms with Gasteiger partial charge in [-0.15, -0.1) is 0 Å². The number of hydrogen-bond acceptors (Lipinski definition) is 5. The topological polar surface area (TPSA) is 95.3 Å². The molecule has 2 heterocycles. The third-order valence-corrected chi connectivity index (χ3v) is 6.01. The lowest BCUT2D eigenvalue weighted by Crippen LogP contribution is -2.43. The van der Waals surface area contributed by atoms with Gasteiger partial charge in [0, 0.05) is 37.0 Å². The van der Waals surface area contributed by atoms with Crippen LogP contribution in [0.1, 0.15) is 43.2 Å². The molecule has 7 heteroatoms. The summed E-state index contributed by atoms with van der Waals surface area (Å²) in [5, 5.41) is 12.0. The van der Waals surface area contributed by atoms with Crippen LogP contribution in [0.5, 0.6) is 5.88 Å². The standard InChI is InChI=1S/C24H26N4O3/c1-16-2-7-20(8-3-16)28-15-18(12-23(28)29)24(30)27-19-5-9-21(10-6-19)31-22-11-4-17(13-25)14-26-22/h2-4,7-8,11,14,18-19,21H,5-6,9-10,12,15H2,1H3,(H,27,30). The number of nitrogens with one attached hydrogen (secondary N) is 1. The Morgan fingerprint density at radius 3 is 2.55 bits per heavy atom. The maximum Gasteiger partial charge on any atom is 0.227 e. The summed E-state index contributed by atoms with van der Waals surface area (Å²) in [7, 11) is 0. The minimum absolute atomic E-state index is 0.00368. The van der Waals surface area contributed by atoms with Gasteiger partial charge in [-0.05, 0) is 50.8 Å². The number of aryl methyl sites for hydroxylation is 1. The van der Waals surface area contributed by atoms with Gasteiger partial charge >= 0.3 is 0 Å². The fraction of sp³-hybridized carbons (Fsp3) is 0.417. The third-order valence-electron chi connectivity index (χ3n) is 6.01. The van der Waals surface area contributed by atoms with Crippen molar-refractivity contribution >= 4 is 17.5 Å². The zero-order valence-corrected chi connectivity index (χ0v) is 17.6. The van der Waals surface area contributed by atoms with E-state index in [9.17, 15) is 9.59 Å². The number of carbonyl (C=O) groups excluding carboxylic acids is 2. The average Bonchev–Trinajstić information content (AvgIpc) is 3.18. The van der Waals surface area contributed by atoms with Crippen LogP contribution in [0.2, 0.25) is 0 Å². The summed E-state index contributed by atoms with van der Waals surface area (Å²) in [6.45, 7) is 2.43. The average molecular weight is 418 g/mol. The van der Waals surface area contributed by atoms with Gasteiger partial charge in [0.1, 0.15) is 12.2 Å². The van der Waals surface area contributed by atoms with E-state index in [2.05, 4.69) is 10.3 Å². The Kier molecular flexibility index (Phi) is 6.17. The SMILES string of the molecule is Cc1ccc(N2CC(C(=O)NC3CCC(Oc4ccc(C#N)cn4)CC3)CC2=O)cc1. The van der Waals surface area contributed by atoms with Crippen molar-refractivity contribution in [2.45, 2.75) is 51.2 Å². The number of hydrogen-bond donors (Lipinski definition) is 1. The van der Waals surface area contributed by atoms with Crippen molar-refractivity contribution in [1.29, 1.82) is 5.26 Å². The van der Waals surface area contributed by atoms with Crippen molar-refractivity contribution in [3.8, 4) is 11.9 Å². The van der Waals surface area contributed by atoms with Gasteiger partial charge in [0.2, 0.25) is 17.7 Å². The minimum atomic E-state index is -0.314. The molecule has 1 saturated heterocycles. The molecule has 31 heavy (non-hydrogen) atoms. The van der Waals surface area contributed by atoms with Crippen LogP contribution >= 0.6 is 0 Å². The fourth-order valence-electron chi connectivity index (χ4n) is 4.19. The number of nitriles is 1. The first kappa shape index (κ1) is 20.9. The number of amides is 2. The molecule has 1 aromatic carbocycles. The molecule has 2 aliphatic rings. The number of benzene rings is 1. The summed E-state index contributed by atoms with van der Waals surface area (Å²) >= 11 is 0. The minimum Gasteiger partial charge on any atom is -0.474 e. The predicted octanol–water partition coefficient (Wildman–Crippen LogP) is 3.12. The van der Waals surface area contributed by atoms with Gasteiger partial charge in [-0.1, -0.05) is 17.7 Å². The second kappa shape index (κ2) is 9.17. The van der Waals surface area contributed by atoms with E-state index in [1.54, 1.807) is 17.0 Å². The zero-order valence-electron chi connectivity index (χ0n) is 17.6. The van der Waals surface area contributed by atoms with E-state index < -0.39 is 0 Å². The second-order valence-electron chi connectivity index (χ2n) is 8.34. The molecule has 1 saturated carbocycles. The molecule has 1 aromatic heterocycles. The summed E-state index contributed by atoms with van der Waals surface area (Å²) in [4.78, 5) is 31.1. The lowest BCUT2D eigenvalue weighted by molar-refractivity contribution is -0.127. The van der Waals surface area contributed by atoms with Crippen LogP contribution in [0.25, 0.3) is 0 Å². The predicted molar refractivity (Wildman–Crippen MR) is 115 cm³/mol. The van der Waals surface area contributed by atoms with E-state index in [0.717, 1.165) is 36.9 Å². The van der Waals surface area contributed by atoms with Crippen molar-refractivity contribution in [2.75, 3.05) is 11.4 Å². The van der Waals surface area contributed by atoms with Gasteiger partial charge < -0.3 is 15.0 Å². The van der Waals surface area contributed by atoms with Crippen molar-refractivity contribution in [3.63, 3.8) is 0 Å². The van der Waals surface area contributed by atoms with E-state index in [-0.39, 0.29) is 36.3 Å². The number of nitrogens with zero attached hydrogens (tertiary/aromatic N) is 3. The zero-order chi connectivity index (χ0) is 21.8. The number of anilines is 1. The first-order chi connectivity index (χ1) is 15.0. The van der Waals surface area contributed by atoms with Gasteiger partial charge in [0.05, 0.1) is 11.5 Å². The smallest absolute Gasteiger partial charge is 0.227 e. The Balaban J connectivity index is 1.25. The molecule has 2 fully saturated rings. The number of aromatic nitrogens is 1. The number of ether oxygens (including phenoxy) is 1. The molecule has 2 amide bonds. The van der Waals surface area contributed by atoms with E-state index in [1.165, 1.54) is 6.20 Å². The highest BCUT2D eigenvalue weighted by Gasteiger charge is 2.36. The monoisotopic (exact) mass is 418 g/mol. The van der Waals surface area contributed by atoms with Crippen molar-refractivity contribution in [3.05, 3.63) is 53.7 Å².